The number of aliphatic hydroxyl groups excluding tert-OH is 1. The Hall–Kier alpha value is -1.13. The predicted molar refractivity (Wildman–Crippen MR) is 82.2 cm³/mol. The molecule has 1 aromatic heterocycles. The summed E-state index contributed by atoms with van der Waals surface area (Å²) >= 11 is 0. The molecule has 2 fully saturated rings. The summed E-state index contributed by atoms with van der Waals surface area (Å²) in [6.07, 6.45) is 8.91. The second-order valence-corrected chi connectivity index (χ2v) is 6.40. The summed E-state index contributed by atoms with van der Waals surface area (Å²) in [6.45, 7) is 2.07. The van der Waals surface area contributed by atoms with E-state index in [1.54, 1.807) is 7.11 Å². The molecule has 21 heavy (non-hydrogen) atoms. The van der Waals surface area contributed by atoms with E-state index in [1.165, 1.54) is 37.7 Å². The van der Waals surface area contributed by atoms with Gasteiger partial charge in [-0.2, -0.15) is 0 Å². The molecule has 0 radical (unpaired) electrons. The topological polar surface area (TPSA) is 45.6 Å². The van der Waals surface area contributed by atoms with Crippen molar-refractivity contribution in [3.8, 4) is 5.88 Å². The standard InChI is InChI=1S/C17H26N2O2/c1-21-17-9-8-13(11-18-17)12-19-10-4-6-15(19)14-5-2-3-7-16(14)20/h8-9,11,14-16,20H,2-7,10,12H2,1H3. The number of rotatable bonds is 4. The lowest BCUT2D eigenvalue weighted by Crippen LogP contribution is -2.42. The summed E-state index contributed by atoms with van der Waals surface area (Å²) < 4.78 is 5.11. The summed E-state index contributed by atoms with van der Waals surface area (Å²) in [6, 6.07) is 4.57. The van der Waals surface area contributed by atoms with Crippen LogP contribution in [-0.2, 0) is 6.54 Å². The number of likely N-dealkylation sites (tertiary alicyclic amines) is 1. The van der Waals surface area contributed by atoms with Crippen LogP contribution in [0.1, 0.15) is 44.1 Å². The summed E-state index contributed by atoms with van der Waals surface area (Å²) in [5.74, 6) is 1.13. The highest BCUT2D eigenvalue weighted by atomic mass is 16.5. The van der Waals surface area contributed by atoms with Gasteiger partial charge in [-0.15, -0.1) is 0 Å². The van der Waals surface area contributed by atoms with Crippen molar-refractivity contribution in [2.24, 2.45) is 5.92 Å². The Morgan fingerprint density at radius 1 is 1.24 bits per heavy atom. The molecule has 0 bridgehead atoms. The molecule has 4 heteroatoms. The maximum atomic E-state index is 10.3. The van der Waals surface area contributed by atoms with Crippen molar-refractivity contribution >= 4 is 0 Å². The molecule has 4 nitrogen and oxygen atoms in total. The van der Waals surface area contributed by atoms with Crippen molar-refractivity contribution in [1.29, 1.82) is 0 Å². The first-order valence-electron chi connectivity index (χ1n) is 8.19. The summed E-state index contributed by atoms with van der Waals surface area (Å²) in [5, 5.41) is 10.3. The zero-order valence-electron chi connectivity index (χ0n) is 12.9. The van der Waals surface area contributed by atoms with E-state index in [9.17, 15) is 5.11 Å². The molecule has 1 saturated carbocycles. The Morgan fingerprint density at radius 2 is 2.10 bits per heavy atom. The Balaban J connectivity index is 1.65. The zero-order chi connectivity index (χ0) is 14.7. The van der Waals surface area contributed by atoms with Crippen LogP contribution in [0.2, 0.25) is 0 Å². The lowest BCUT2D eigenvalue weighted by molar-refractivity contribution is 0.0201. The van der Waals surface area contributed by atoms with E-state index in [2.05, 4.69) is 16.0 Å². The third kappa shape index (κ3) is 3.38. The van der Waals surface area contributed by atoms with Gasteiger partial charge in [-0.25, -0.2) is 4.98 Å². The molecule has 3 rings (SSSR count). The Labute approximate surface area is 127 Å². The van der Waals surface area contributed by atoms with Crippen LogP contribution in [-0.4, -0.2) is 40.8 Å². The van der Waals surface area contributed by atoms with Crippen molar-refractivity contribution < 1.29 is 9.84 Å². The third-order valence-electron chi connectivity index (χ3n) is 5.08. The molecule has 0 aromatic carbocycles. The number of hydrogen-bond donors (Lipinski definition) is 1. The number of aromatic nitrogens is 1. The van der Waals surface area contributed by atoms with Gasteiger partial charge in [0.1, 0.15) is 0 Å². The van der Waals surface area contributed by atoms with Gasteiger partial charge in [0, 0.05) is 30.8 Å². The monoisotopic (exact) mass is 290 g/mol. The van der Waals surface area contributed by atoms with Gasteiger partial charge in [-0.3, -0.25) is 4.90 Å². The molecule has 1 aliphatic heterocycles. The quantitative estimate of drug-likeness (QED) is 0.926. The minimum Gasteiger partial charge on any atom is -0.481 e. The Morgan fingerprint density at radius 3 is 2.81 bits per heavy atom. The fraction of sp³-hybridized carbons (Fsp3) is 0.706. The van der Waals surface area contributed by atoms with Crippen LogP contribution in [0.4, 0.5) is 0 Å². The molecule has 1 saturated heterocycles. The van der Waals surface area contributed by atoms with Crippen molar-refractivity contribution in [2.75, 3.05) is 13.7 Å². The average Bonchev–Trinajstić information content (AvgIpc) is 2.96. The number of nitrogens with zero attached hydrogens (tertiary/aromatic N) is 2. The normalized spacial score (nSPS) is 30.5. The molecule has 2 heterocycles. The van der Waals surface area contributed by atoms with Gasteiger partial charge >= 0.3 is 0 Å². The number of methoxy groups -OCH3 is 1. The van der Waals surface area contributed by atoms with Gasteiger partial charge < -0.3 is 9.84 Å². The van der Waals surface area contributed by atoms with Crippen LogP contribution in [0.15, 0.2) is 18.3 Å². The number of pyridine rings is 1. The van der Waals surface area contributed by atoms with Crippen LogP contribution in [0.3, 0.4) is 0 Å². The summed E-state index contributed by atoms with van der Waals surface area (Å²) in [4.78, 5) is 6.84. The molecular weight excluding hydrogens is 264 g/mol. The molecule has 1 aromatic rings. The van der Waals surface area contributed by atoms with E-state index in [1.807, 2.05) is 12.3 Å². The third-order valence-corrected chi connectivity index (χ3v) is 5.08. The highest BCUT2D eigenvalue weighted by Gasteiger charge is 2.36. The molecule has 116 valence electrons. The van der Waals surface area contributed by atoms with E-state index in [4.69, 9.17) is 4.74 Å². The molecule has 0 amide bonds. The van der Waals surface area contributed by atoms with Gasteiger partial charge in [0.2, 0.25) is 5.88 Å². The van der Waals surface area contributed by atoms with Crippen molar-refractivity contribution in [1.82, 2.24) is 9.88 Å². The zero-order valence-corrected chi connectivity index (χ0v) is 12.9. The lowest BCUT2D eigenvalue weighted by Gasteiger charge is -2.37. The molecule has 1 N–H and O–H groups in total. The maximum Gasteiger partial charge on any atom is 0.212 e. The van der Waals surface area contributed by atoms with Crippen molar-refractivity contribution in [3.05, 3.63) is 23.9 Å². The summed E-state index contributed by atoms with van der Waals surface area (Å²) in [5.41, 5.74) is 1.23. The van der Waals surface area contributed by atoms with E-state index in [0.717, 1.165) is 19.5 Å². The van der Waals surface area contributed by atoms with Gasteiger partial charge in [-0.1, -0.05) is 18.9 Å². The van der Waals surface area contributed by atoms with E-state index in [-0.39, 0.29) is 6.10 Å². The SMILES string of the molecule is COc1ccc(CN2CCCC2C2CCCCC2O)cn1. The van der Waals surface area contributed by atoms with Gasteiger partial charge in [0.05, 0.1) is 13.2 Å². The molecule has 2 aliphatic rings. The Kier molecular flexibility index (Phi) is 4.76. The van der Waals surface area contributed by atoms with Gasteiger partial charge in [0.25, 0.3) is 0 Å². The van der Waals surface area contributed by atoms with Crippen molar-refractivity contribution in [2.45, 2.75) is 57.2 Å². The number of aliphatic hydroxyl groups is 1. The summed E-state index contributed by atoms with van der Waals surface area (Å²) in [7, 11) is 1.64. The van der Waals surface area contributed by atoms with Crippen LogP contribution in [0.25, 0.3) is 0 Å². The molecule has 1 aliphatic carbocycles. The predicted octanol–water partition coefficient (Wildman–Crippen LogP) is 2.61. The van der Waals surface area contributed by atoms with Gasteiger partial charge in [-0.05, 0) is 37.8 Å². The minimum atomic E-state index is -0.0988. The maximum absolute atomic E-state index is 10.3. The molecular formula is C17H26N2O2. The van der Waals surface area contributed by atoms with E-state index in [0.29, 0.717) is 17.8 Å². The van der Waals surface area contributed by atoms with Crippen LogP contribution in [0.5, 0.6) is 5.88 Å². The van der Waals surface area contributed by atoms with E-state index >= 15 is 0 Å². The largest absolute Gasteiger partial charge is 0.481 e. The first kappa shape index (κ1) is 14.8. The second-order valence-electron chi connectivity index (χ2n) is 6.40. The average molecular weight is 290 g/mol. The molecule has 3 unspecified atom stereocenters. The second kappa shape index (κ2) is 6.75. The van der Waals surface area contributed by atoms with Crippen LogP contribution < -0.4 is 4.74 Å². The minimum absolute atomic E-state index is 0.0988. The Bertz CT molecular complexity index is 449. The smallest absolute Gasteiger partial charge is 0.212 e. The highest BCUT2D eigenvalue weighted by molar-refractivity contribution is 5.18. The highest BCUT2D eigenvalue weighted by Crippen LogP contribution is 2.35. The lowest BCUT2D eigenvalue weighted by atomic mass is 9.80. The van der Waals surface area contributed by atoms with Crippen LogP contribution in [0, 0.1) is 5.92 Å². The van der Waals surface area contributed by atoms with E-state index < -0.39 is 0 Å². The first-order valence-corrected chi connectivity index (χ1v) is 8.19. The van der Waals surface area contributed by atoms with Gasteiger partial charge in [0.15, 0.2) is 0 Å². The molecule has 3 atom stereocenters. The fourth-order valence-corrected chi connectivity index (χ4v) is 3.98. The molecule has 0 spiro atoms. The number of ether oxygens (including phenoxy) is 1. The van der Waals surface area contributed by atoms with Crippen LogP contribution >= 0.6 is 0 Å². The fourth-order valence-electron chi connectivity index (χ4n) is 3.98. The van der Waals surface area contributed by atoms with Crippen molar-refractivity contribution in [3.63, 3.8) is 0 Å². The number of hydrogen-bond acceptors (Lipinski definition) is 4. The first-order chi connectivity index (χ1) is 10.3.